The quantitative estimate of drug-likeness (QED) is 0.197. The van der Waals surface area contributed by atoms with E-state index in [-0.39, 0.29) is 42.7 Å². The fourth-order valence-corrected chi connectivity index (χ4v) is 3.74. The lowest BCUT2D eigenvalue weighted by molar-refractivity contribution is -0.147. The average molecular weight is 636 g/mol. The first-order valence-corrected chi connectivity index (χ1v) is 14.9. The van der Waals surface area contributed by atoms with E-state index in [4.69, 9.17) is 28.4 Å². The topological polar surface area (TPSA) is 128 Å². The molecule has 12 heteroatoms. The number of nitrogens with zero attached hydrogens (tertiary/aromatic N) is 2. The highest BCUT2D eigenvalue weighted by atomic mass is 16.6. The van der Waals surface area contributed by atoms with Crippen LogP contribution in [0, 0.1) is 0 Å². The number of carbonyl (C=O) groups excluding carboxylic acids is 2. The van der Waals surface area contributed by atoms with Gasteiger partial charge in [-0.25, -0.2) is 4.79 Å². The van der Waals surface area contributed by atoms with Crippen LogP contribution in [0.1, 0.15) is 64.5 Å². The van der Waals surface area contributed by atoms with Crippen molar-refractivity contribution in [1.82, 2.24) is 15.1 Å². The monoisotopic (exact) mass is 635 g/mol. The number of benzene rings is 2. The van der Waals surface area contributed by atoms with Gasteiger partial charge in [0.2, 0.25) is 11.5 Å². The molecule has 0 saturated heterocycles. The highest BCUT2D eigenvalue weighted by Crippen LogP contribution is 2.41. The van der Waals surface area contributed by atoms with Crippen molar-refractivity contribution in [3.8, 4) is 34.5 Å². The molecular weight excluding hydrogens is 582 g/mol. The van der Waals surface area contributed by atoms with Gasteiger partial charge in [0.1, 0.15) is 6.73 Å². The SMILES string of the molecule is COc1cc(C(C)C)cc(OC)c1O.COc1cc(C(C)C)cc(OC)c1OC(=O)N(C)CCN(C)COC(=O)CNC(C)C. The molecular formula is C33H53N3O9. The zero-order chi connectivity index (χ0) is 34.3. The molecule has 0 aliphatic rings. The van der Waals surface area contributed by atoms with Gasteiger partial charge in [0.05, 0.1) is 35.0 Å². The highest BCUT2D eigenvalue weighted by molar-refractivity contribution is 5.73. The minimum absolute atomic E-state index is 0.0550. The van der Waals surface area contributed by atoms with Crippen molar-refractivity contribution in [1.29, 1.82) is 0 Å². The maximum atomic E-state index is 12.6. The van der Waals surface area contributed by atoms with Gasteiger partial charge >= 0.3 is 12.1 Å². The van der Waals surface area contributed by atoms with Crippen molar-refractivity contribution < 1.29 is 43.1 Å². The molecule has 1 amide bonds. The van der Waals surface area contributed by atoms with E-state index >= 15 is 0 Å². The van der Waals surface area contributed by atoms with E-state index in [0.29, 0.717) is 42.0 Å². The third kappa shape index (κ3) is 12.9. The number of hydrogen-bond acceptors (Lipinski definition) is 11. The van der Waals surface area contributed by atoms with Crippen LogP contribution in [-0.4, -0.2) is 102 Å². The van der Waals surface area contributed by atoms with Crippen LogP contribution in [0.25, 0.3) is 0 Å². The van der Waals surface area contributed by atoms with Crippen molar-refractivity contribution in [2.24, 2.45) is 0 Å². The van der Waals surface area contributed by atoms with Gasteiger partial charge in [-0.15, -0.1) is 0 Å². The molecule has 0 fully saturated rings. The van der Waals surface area contributed by atoms with Crippen molar-refractivity contribution in [3.05, 3.63) is 35.4 Å². The Morgan fingerprint density at radius 2 is 1.20 bits per heavy atom. The zero-order valence-corrected chi connectivity index (χ0v) is 29.0. The van der Waals surface area contributed by atoms with E-state index < -0.39 is 6.09 Å². The van der Waals surface area contributed by atoms with E-state index in [0.717, 1.165) is 11.1 Å². The van der Waals surface area contributed by atoms with Crippen molar-refractivity contribution in [2.75, 3.05) is 68.9 Å². The lowest BCUT2D eigenvalue weighted by Crippen LogP contribution is -2.38. The molecule has 0 bridgehead atoms. The van der Waals surface area contributed by atoms with Gasteiger partial charge < -0.3 is 43.7 Å². The first kappa shape index (κ1) is 39.1. The molecule has 0 radical (unpaired) electrons. The van der Waals surface area contributed by atoms with E-state index in [2.05, 4.69) is 33.0 Å². The number of aromatic hydroxyl groups is 1. The summed E-state index contributed by atoms with van der Waals surface area (Å²) in [6.07, 6.45) is -0.541. The minimum atomic E-state index is -0.541. The van der Waals surface area contributed by atoms with Crippen LogP contribution < -0.4 is 29.0 Å². The van der Waals surface area contributed by atoms with E-state index in [1.54, 1.807) is 19.0 Å². The van der Waals surface area contributed by atoms with Gasteiger partial charge in [0.15, 0.2) is 23.0 Å². The van der Waals surface area contributed by atoms with Crippen LogP contribution in [-0.2, 0) is 9.53 Å². The molecule has 12 nitrogen and oxygen atoms in total. The Morgan fingerprint density at radius 1 is 0.756 bits per heavy atom. The Labute approximate surface area is 268 Å². The van der Waals surface area contributed by atoms with Crippen molar-refractivity contribution in [2.45, 2.75) is 59.4 Å². The predicted molar refractivity (Wildman–Crippen MR) is 174 cm³/mol. The second-order valence-corrected chi connectivity index (χ2v) is 11.4. The second kappa shape index (κ2) is 19.5. The Balaban J connectivity index is 0.000000600. The van der Waals surface area contributed by atoms with Gasteiger partial charge in [0, 0.05) is 26.2 Å². The Hall–Kier alpha value is -3.90. The molecule has 2 aromatic carbocycles. The molecule has 2 aromatic rings. The molecule has 0 atom stereocenters. The third-order valence-electron chi connectivity index (χ3n) is 6.74. The van der Waals surface area contributed by atoms with Crippen LogP contribution in [0.5, 0.6) is 34.5 Å². The number of esters is 1. The normalized spacial score (nSPS) is 10.8. The van der Waals surface area contributed by atoms with Gasteiger partial charge in [-0.1, -0.05) is 41.5 Å². The van der Waals surface area contributed by atoms with E-state index in [1.807, 2.05) is 38.1 Å². The van der Waals surface area contributed by atoms with E-state index in [9.17, 15) is 14.7 Å². The largest absolute Gasteiger partial charge is 0.502 e. The summed E-state index contributed by atoms with van der Waals surface area (Å²) >= 11 is 0. The summed E-state index contributed by atoms with van der Waals surface area (Å²) in [4.78, 5) is 27.5. The molecule has 0 aliphatic carbocycles. The fourth-order valence-electron chi connectivity index (χ4n) is 3.74. The minimum Gasteiger partial charge on any atom is -0.502 e. The number of likely N-dealkylation sites (N-methyl/N-ethyl adjacent to an activating group) is 2. The number of nitrogens with one attached hydrogen (secondary N) is 1. The zero-order valence-electron chi connectivity index (χ0n) is 29.0. The van der Waals surface area contributed by atoms with Crippen LogP contribution >= 0.6 is 0 Å². The smallest absolute Gasteiger partial charge is 0.415 e. The number of methoxy groups -OCH3 is 4. The summed E-state index contributed by atoms with van der Waals surface area (Å²) in [5.41, 5.74) is 2.10. The van der Waals surface area contributed by atoms with Crippen LogP contribution in [0.4, 0.5) is 4.79 Å². The highest BCUT2D eigenvalue weighted by Gasteiger charge is 2.21. The van der Waals surface area contributed by atoms with Gasteiger partial charge in [-0.05, 0) is 54.3 Å². The van der Waals surface area contributed by atoms with Crippen LogP contribution in [0.2, 0.25) is 0 Å². The predicted octanol–water partition coefficient (Wildman–Crippen LogP) is 5.22. The third-order valence-corrected chi connectivity index (χ3v) is 6.74. The molecule has 0 saturated carbocycles. The maximum absolute atomic E-state index is 12.6. The molecule has 2 rings (SSSR count). The molecule has 0 heterocycles. The summed E-state index contributed by atoms with van der Waals surface area (Å²) in [6, 6.07) is 7.53. The van der Waals surface area contributed by atoms with Crippen LogP contribution in [0.3, 0.4) is 0 Å². The first-order chi connectivity index (χ1) is 21.2. The molecule has 0 aromatic heterocycles. The Kier molecular flexibility index (Phi) is 16.9. The lowest BCUT2D eigenvalue weighted by atomic mass is 10.0. The summed E-state index contributed by atoms with van der Waals surface area (Å²) in [5.74, 6) is 2.39. The van der Waals surface area contributed by atoms with Gasteiger partial charge in [0.25, 0.3) is 0 Å². The number of hydrogen-bond donors (Lipinski definition) is 2. The van der Waals surface area contributed by atoms with Gasteiger partial charge in [-0.2, -0.15) is 0 Å². The van der Waals surface area contributed by atoms with Crippen molar-refractivity contribution >= 4 is 12.1 Å². The van der Waals surface area contributed by atoms with Crippen LogP contribution in [0.15, 0.2) is 24.3 Å². The number of phenolic OH excluding ortho intramolecular Hbond substituents is 1. The Bertz CT molecular complexity index is 1170. The Morgan fingerprint density at radius 3 is 1.60 bits per heavy atom. The average Bonchev–Trinajstić information content (AvgIpc) is 3.01. The summed E-state index contributed by atoms with van der Waals surface area (Å²) < 4.78 is 31.7. The number of phenols is 1. The number of amides is 1. The summed E-state index contributed by atoms with van der Waals surface area (Å²) in [5, 5.41) is 12.6. The lowest BCUT2D eigenvalue weighted by Gasteiger charge is -2.23. The molecule has 0 spiro atoms. The molecule has 0 aliphatic heterocycles. The van der Waals surface area contributed by atoms with E-state index in [1.165, 1.54) is 33.3 Å². The summed E-state index contributed by atoms with van der Waals surface area (Å²) in [6.45, 7) is 13.4. The first-order valence-electron chi connectivity index (χ1n) is 14.9. The fraction of sp³-hybridized carbons (Fsp3) is 0.576. The number of rotatable bonds is 15. The number of ether oxygens (including phenoxy) is 6. The molecule has 254 valence electrons. The summed E-state index contributed by atoms with van der Waals surface area (Å²) in [7, 11) is 9.53. The van der Waals surface area contributed by atoms with Gasteiger partial charge in [-0.3, -0.25) is 9.69 Å². The standard InChI is InChI=1S/C22H37N3O6.C11H16O3/c1-15(2)17-11-18(28-7)21(19(12-17)29-8)31-22(27)25(6)10-9-24(5)14-30-20(26)13-23-16(3)4;1-7(2)8-5-9(13-3)11(12)10(6-8)14-4/h11-12,15-16,23H,9-10,13-14H2,1-8H3;5-7,12H,1-4H3. The molecule has 0 unspecified atom stereocenters. The number of carbonyl (C=O) groups is 2. The maximum Gasteiger partial charge on any atom is 0.415 e. The second-order valence-electron chi connectivity index (χ2n) is 11.4. The van der Waals surface area contributed by atoms with Crippen molar-refractivity contribution in [3.63, 3.8) is 0 Å². The molecule has 45 heavy (non-hydrogen) atoms. The molecule has 2 N–H and O–H groups in total.